The number of aromatic nitrogens is 2. The number of fused-ring (bicyclic) bond motifs is 1. The van der Waals surface area contributed by atoms with Crippen LogP contribution in [-0.2, 0) is 13.0 Å². The number of nitrogen functional groups attached to an aromatic ring is 1. The Labute approximate surface area is 98.1 Å². The third kappa shape index (κ3) is 1.95. The molecule has 0 radical (unpaired) electrons. The number of hydrogen-bond acceptors (Lipinski definition) is 2. The first-order valence-corrected chi connectivity index (χ1v) is 6.48. The van der Waals surface area contributed by atoms with Crippen LogP contribution in [0.2, 0.25) is 0 Å². The molecule has 2 atom stereocenters. The van der Waals surface area contributed by atoms with Crippen molar-refractivity contribution in [2.24, 2.45) is 5.92 Å². The van der Waals surface area contributed by atoms with Crippen LogP contribution < -0.4 is 5.73 Å². The summed E-state index contributed by atoms with van der Waals surface area (Å²) in [6.45, 7) is 7.79. The predicted octanol–water partition coefficient (Wildman–Crippen LogP) is 2.95. The lowest BCUT2D eigenvalue weighted by Gasteiger charge is -2.20. The summed E-state index contributed by atoms with van der Waals surface area (Å²) in [4.78, 5) is 4.76. The van der Waals surface area contributed by atoms with E-state index in [2.05, 4.69) is 25.3 Å². The second kappa shape index (κ2) is 4.48. The van der Waals surface area contributed by atoms with Crippen molar-refractivity contribution in [1.82, 2.24) is 9.55 Å². The zero-order valence-electron chi connectivity index (χ0n) is 10.7. The highest BCUT2D eigenvalue weighted by Gasteiger charge is 2.23. The van der Waals surface area contributed by atoms with E-state index in [1.165, 1.54) is 25.1 Å². The molecule has 0 saturated carbocycles. The molecule has 1 aromatic rings. The summed E-state index contributed by atoms with van der Waals surface area (Å²) < 4.78 is 2.22. The first-order valence-electron chi connectivity index (χ1n) is 6.48. The number of anilines is 1. The van der Waals surface area contributed by atoms with E-state index in [0.717, 1.165) is 30.4 Å². The first kappa shape index (κ1) is 11.5. The zero-order chi connectivity index (χ0) is 11.7. The average Bonchev–Trinajstić information content (AvgIpc) is 2.56. The third-order valence-electron chi connectivity index (χ3n) is 3.68. The smallest absolute Gasteiger partial charge is 0.127 e. The Morgan fingerprint density at radius 3 is 3.00 bits per heavy atom. The maximum atomic E-state index is 6.20. The molecule has 2 N–H and O–H groups in total. The van der Waals surface area contributed by atoms with E-state index in [4.69, 9.17) is 10.7 Å². The molecule has 3 heteroatoms. The summed E-state index contributed by atoms with van der Waals surface area (Å²) in [6, 6.07) is 0. The van der Waals surface area contributed by atoms with Crippen LogP contribution in [0.4, 0.5) is 5.82 Å². The molecular formula is C13H23N3. The van der Waals surface area contributed by atoms with Gasteiger partial charge in [0, 0.05) is 18.9 Å². The van der Waals surface area contributed by atoms with Gasteiger partial charge in [0.15, 0.2) is 0 Å². The van der Waals surface area contributed by atoms with Gasteiger partial charge in [-0.25, -0.2) is 4.98 Å². The molecule has 3 nitrogen and oxygen atoms in total. The van der Waals surface area contributed by atoms with E-state index in [-0.39, 0.29) is 0 Å². The average molecular weight is 221 g/mol. The standard InChI is InChI=1S/C13H23N3/c1-4-5-10(3)12-13(14)16-7-6-9(2)8-11(16)15-12/h9-10H,4-8,14H2,1-3H3. The van der Waals surface area contributed by atoms with Crippen LogP contribution in [-0.4, -0.2) is 9.55 Å². The van der Waals surface area contributed by atoms with Crippen molar-refractivity contribution in [3.63, 3.8) is 0 Å². The Hall–Kier alpha value is -0.990. The zero-order valence-corrected chi connectivity index (χ0v) is 10.7. The van der Waals surface area contributed by atoms with Crippen molar-refractivity contribution >= 4 is 5.82 Å². The molecule has 2 heterocycles. The molecular weight excluding hydrogens is 198 g/mol. The molecule has 0 fully saturated rings. The van der Waals surface area contributed by atoms with Gasteiger partial charge in [-0.15, -0.1) is 0 Å². The van der Waals surface area contributed by atoms with E-state index in [1.54, 1.807) is 0 Å². The van der Waals surface area contributed by atoms with Crippen molar-refractivity contribution in [2.45, 2.75) is 58.9 Å². The van der Waals surface area contributed by atoms with Gasteiger partial charge in [0.2, 0.25) is 0 Å². The number of imidazole rings is 1. The minimum atomic E-state index is 0.499. The highest BCUT2D eigenvalue weighted by Crippen LogP contribution is 2.30. The fourth-order valence-corrected chi connectivity index (χ4v) is 2.63. The lowest BCUT2D eigenvalue weighted by Crippen LogP contribution is -2.18. The van der Waals surface area contributed by atoms with Gasteiger partial charge < -0.3 is 10.3 Å². The lowest BCUT2D eigenvalue weighted by atomic mass is 10.0. The summed E-state index contributed by atoms with van der Waals surface area (Å²) in [5, 5.41) is 0. The van der Waals surface area contributed by atoms with E-state index in [0.29, 0.717) is 5.92 Å². The number of nitrogens with two attached hydrogens (primary N) is 1. The van der Waals surface area contributed by atoms with Crippen LogP contribution in [0.25, 0.3) is 0 Å². The molecule has 0 saturated heterocycles. The normalized spacial score (nSPS) is 21.8. The van der Waals surface area contributed by atoms with E-state index in [1.807, 2.05) is 0 Å². The summed E-state index contributed by atoms with van der Waals surface area (Å²) >= 11 is 0. The first-order chi connectivity index (χ1) is 7.63. The third-order valence-corrected chi connectivity index (χ3v) is 3.68. The van der Waals surface area contributed by atoms with Crippen LogP contribution in [0, 0.1) is 5.92 Å². The van der Waals surface area contributed by atoms with Gasteiger partial charge in [-0.2, -0.15) is 0 Å². The Morgan fingerprint density at radius 1 is 1.56 bits per heavy atom. The van der Waals surface area contributed by atoms with E-state index in [9.17, 15) is 0 Å². The van der Waals surface area contributed by atoms with Crippen molar-refractivity contribution in [2.75, 3.05) is 5.73 Å². The van der Waals surface area contributed by atoms with Gasteiger partial charge in [-0.1, -0.05) is 27.2 Å². The molecule has 2 unspecified atom stereocenters. The summed E-state index contributed by atoms with van der Waals surface area (Å²) in [5.74, 6) is 3.37. The minimum absolute atomic E-state index is 0.499. The van der Waals surface area contributed by atoms with Crippen molar-refractivity contribution in [1.29, 1.82) is 0 Å². The van der Waals surface area contributed by atoms with Gasteiger partial charge >= 0.3 is 0 Å². The Kier molecular flexibility index (Phi) is 3.22. The maximum absolute atomic E-state index is 6.20. The largest absolute Gasteiger partial charge is 0.384 e. The predicted molar refractivity (Wildman–Crippen MR) is 67.4 cm³/mol. The molecule has 1 aliphatic heterocycles. The molecule has 0 spiro atoms. The van der Waals surface area contributed by atoms with Crippen molar-refractivity contribution in [3.8, 4) is 0 Å². The van der Waals surface area contributed by atoms with Crippen LogP contribution in [0.1, 0.15) is 57.5 Å². The molecule has 1 aromatic heterocycles. The molecule has 1 aliphatic rings. The van der Waals surface area contributed by atoms with Crippen LogP contribution in [0.5, 0.6) is 0 Å². The molecule has 16 heavy (non-hydrogen) atoms. The molecule has 90 valence electrons. The van der Waals surface area contributed by atoms with Gasteiger partial charge in [0.25, 0.3) is 0 Å². The molecule has 2 rings (SSSR count). The van der Waals surface area contributed by atoms with E-state index >= 15 is 0 Å². The van der Waals surface area contributed by atoms with Crippen molar-refractivity contribution in [3.05, 3.63) is 11.5 Å². The van der Waals surface area contributed by atoms with Gasteiger partial charge in [-0.3, -0.25) is 0 Å². The topological polar surface area (TPSA) is 43.8 Å². The van der Waals surface area contributed by atoms with Crippen molar-refractivity contribution < 1.29 is 0 Å². The molecule has 0 aliphatic carbocycles. The fourth-order valence-electron chi connectivity index (χ4n) is 2.63. The lowest BCUT2D eigenvalue weighted by molar-refractivity contribution is 0.412. The summed E-state index contributed by atoms with van der Waals surface area (Å²) in [6.07, 6.45) is 4.69. The maximum Gasteiger partial charge on any atom is 0.127 e. The highest BCUT2D eigenvalue weighted by molar-refractivity contribution is 5.41. The quantitative estimate of drug-likeness (QED) is 0.852. The summed E-state index contributed by atoms with van der Waals surface area (Å²) in [5.41, 5.74) is 7.33. The number of hydrogen-bond donors (Lipinski definition) is 1. The van der Waals surface area contributed by atoms with Gasteiger partial charge in [-0.05, 0) is 18.8 Å². The van der Waals surface area contributed by atoms with Crippen LogP contribution in [0.15, 0.2) is 0 Å². The van der Waals surface area contributed by atoms with Crippen LogP contribution >= 0.6 is 0 Å². The Balaban J connectivity index is 2.28. The molecule has 0 amide bonds. The number of nitrogens with zero attached hydrogens (tertiary/aromatic N) is 2. The molecule has 0 bridgehead atoms. The fraction of sp³-hybridized carbons (Fsp3) is 0.769. The minimum Gasteiger partial charge on any atom is -0.384 e. The Bertz CT molecular complexity index is 367. The SMILES string of the molecule is CCCC(C)c1nc2n(c1N)CCC(C)C2. The van der Waals surface area contributed by atoms with Crippen LogP contribution in [0.3, 0.4) is 0 Å². The second-order valence-electron chi connectivity index (χ2n) is 5.24. The Morgan fingerprint density at radius 2 is 2.31 bits per heavy atom. The molecule has 0 aromatic carbocycles. The summed E-state index contributed by atoms with van der Waals surface area (Å²) in [7, 11) is 0. The number of rotatable bonds is 3. The highest BCUT2D eigenvalue weighted by atomic mass is 15.1. The monoisotopic (exact) mass is 221 g/mol. The van der Waals surface area contributed by atoms with E-state index < -0.39 is 0 Å². The van der Waals surface area contributed by atoms with Gasteiger partial charge in [0.05, 0.1) is 5.69 Å². The van der Waals surface area contributed by atoms with Gasteiger partial charge in [0.1, 0.15) is 11.6 Å². The second-order valence-corrected chi connectivity index (χ2v) is 5.24.